The summed E-state index contributed by atoms with van der Waals surface area (Å²) < 4.78 is 33.2. The van der Waals surface area contributed by atoms with E-state index in [0.717, 1.165) is 18.4 Å². The number of fused-ring (bicyclic) bond motifs is 5. The van der Waals surface area contributed by atoms with Crippen LogP contribution in [0.3, 0.4) is 0 Å². The second-order valence-electron chi connectivity index (χ2n) is 12.1. The molecule has 1 amide bonds. The standard InChI is InChI=1S/C34H36F2N6O2/c1-6-27(43)40-17-21(5)41(18-20(40)4)32-24-16-26(36)30-28-22(12-9-13-25(28)35)10-7-8-11-23-14-15-37-29(19(2)3)31(23)42(33(24)38-30)34(44)39-32/h6,9,12-16,19-21H,1,7-8,10-11,17-18H2,2-5H3/t20-,21+/m1/s1. The predicted octanol–water partition coefficient (Wildman–Crippen LogP) is 5.73. The van der Waals surface area contributed by atoms with Crippen molar-refractivity contribution in [3.63, 3.8) is 0 Å². The number of hydrogen-bond donors (Lipinski definition) is 0. The summed E-state index contributed by atoms with van der Waals surface area (Å²) in [5.41, 5.74) is 2.47. The number of carbonyl (C=O) groups is 1. The number of piperazine rings is 1. The first-order chi connectivity index (χ1) is 21.1. The van der Waals surface area contributed by atoms with Crippen LogP contribution >= 0.6 is 0 Å². The van der Waals surface area contributed by atoms with Crippen LogP contribution in [0, 0.1) is 11.6 Å². The molecule has 0 spiro atoms. The summed E-state index contributed by atoms with van der Waals surface area (Å²) in [5, 5.41) is 0.327. The van der Waals surface area contributed by atoms with Crippen LogP contribution in [0.4, 0.5) is 14.6 Å². The van der Waals surface area contributed by atoms with E-state index in [0.29, 0.717) is 48.3 Å². The number of carbonyl (C=O) groups excluding carboxylic acids is 1. The summed E-state index contributed by atoms with van der Waals surface area (Å²) in [7, 11) is 0. The highest BCUT2D eigenvalue weighted by Gasteiger charge is 2.34. The first-order valence-corrected chi connectivity index (χ1v) is 15.2. The van der Waals surface area contributed by atoms with Crippen molar-refractivity contribution in [3.05, 3.63) is 88.1 Å². The van der Waals surface area contributed by atoms with Gasteiger partial charge < -0.3 is 9.80 Å². The zero-order valence-electron chi connectivity index (χ0n) is 25.5. The first-order valence-electron chi connectivity index (χ1n) is 15.2. The molecule has 6 rings (SSSR count). The van der Waals surface area contributed by atoms with Gasteiger partial charge in [-0.2, -0.15) is 4.98 Å². The van der Waals surface area contributed by atoms with E-state index in [-0.39, 0.29) is 46.6 Å². The summed E-state index contributed by atoms with van der Waals surface area (Å²) in [4.78, 5) is 44.4. The van der Waals surface area contributed by atoms with Gasteiger partial charge in [-0.3, -0.25) is 9.78 Å². The smallest absolute Gasteiger partial charge is 0.349 e. The Morgan fingerprint density at radius 2 is 1.77 bits per heavy atom. The van der Waals surface area contributed by atoms with Gasteiger partial charge in [0.1, 0.15) is 23.1 Å². The zero-order chi connectivity index (χ0) is 31.3. The zero-order valence-corrected chi connectivity index (χ0v) is 25.5. The molecule has 228 valence electrons. The number of amides is 1. The Morgan fingerprint density at radius 1 is 1.02 bits per heavy atom. The van der Waals surface area contributed by atoms with Crippen LogP contribution in [-0.2, 0) is 17.6 Å². The van der Waals surface area contributed by atoms with Gasteiger partial charge in [0.15, 0.2) is 5.65 Å². The van der Waals surface area contributed by atoms with E-state index in [1.165, 1.54) is 22.8 Å². The van der Waals surface area contributed by atoms with Gasteiger partial charge in [0.2, 0.25) is 5.91 Å². The molecule has 0 unspecified atom stereocenters. The van der Waals surface area contributed by atoms with E-state index in [1.807, 2.05) is 44.7 Å². The van der Waals surface area contributed by atoms with Gasteiger partial charge in [0.05, 0.1) is 16.8 Å². The van der Waals surface area contributed by atoms with Gasteiger partial charge in [0.25, 0.3) is 0 Å². The molecule has 10 heteroatoms. The molecule has 1 fully saturated rings. The Bertz CT molecular complexity index is 1850. The summed E-state index contributed by atoms with van der Waals surface area (Å²) in [6.07, 6.45) is 5.79. The van der Waals surface area contributed by atoms with Crippen LogP contribution in [0.15, 0.2) is 54.0 Å². The van der Waals surface area contributed by atoms with Crippen molar-refractivity contribution >= 4 is 22.8 Å². The molecule has 1 aromatic carbocycles. The Morgan fingerprint density at radius 3 is 2.50 bits per heavy atom. The van der Waals surface area contributed by atoms with Gasteiger partial charge in [0, 0.05) is 36.9 Å². The minimum absolute atomic E-state index is 0.0334. The molecule has 0 saturated carbocycles. The Hall–Kier alpha value is -4.47. The van der Waals surface area contributed by atoms with E-state index >= 15 is 8.78 Å². The average molecular weight is 599 g/mol. The number of nitrogens with zero attached hydrogens (tertiary/aromatic N) is 6. The molecule has 2 aliphatic heterocycles. The van der Waals surface area contributed by atoms with Gasteiger partial charge in [-0.15, -0.1) is 0 Å². The maximum atomic E-state index is 16.2. The molecular weight excluding hydrogens is 562 g/mol. The minimum Gasteiger partial charge on any atom is -0.349 e. The van der Waals surface area contributed by atoms with Crippen LogP contribution in [-0.4, -0.2) is 55.5 Å². The summed E-state index contributed by atoms with van der Waals surface area (Å²) in [6, 6.07) is 7.52. The van der Waals surface area contributed by atoms with Crippen molar-refractivity contribution in [2.45, 2.75) is 71.4 Å². The van der Waals surface area contributed by atoms with Gasteiger partial charge in [-0.05, 0) is 80.9 Å². The molecule has 4 aromatic rings. The molecule has 0 aliphatic carbocycles. The first kappa shape index (κ1) is 29.6. The van der Waals surface area contributed by atoms with Crippen molar-refractivity contribution in [1.29, 1.82) is 0 Å². The molecule has 8 nitrogen and oxygen atoms in total. The highest BCUT2D eigenvalue weighted by atomic mass is 19.1. The quantitative estimate of drug-likeness (QED) is 0.280. The van der Waals surface area contributed by atoms with Crippen molar-refractivity contribution in [2.75, 3.05) is 18.0 Å². The molecule has 0 N–H and O–H groups in total. The maximum Gasteiger partial charge on any atom is 0.355 e. The molecular formula is C34H36F2N6O2. The molecule has 5 heterocycles. The number of anilines is 1. The van der Waals surface area contributed by atoms with Crippen molar-refractivity contribution in [2.24, 2.45) is 0 Å². The molecule has 1 saturated heterocycles. The van der Waals surface area contributed by atoms with Crippen LogP contribution in [0.5, 0.6) is 0 Å². The fourth-order valence-corrected chi connectivity index (χ4v) is 6.62. The topological polar surface area (TPSA) is 84.2 Å². The van der Waals surface area contributed by atoms with Crippen molar-refractivity contribution < 1.29 is 13.6 Å². The Labute approximate surface area is 255 Å². The molecule has 44 heavy (non-hydrogen) atoms. The third kappa shape index (κ3) is 4.96. The lowest BCUT2D eigenvalue weighted by atomic mass is 9.95. The van der Waals surface area contributed by atoms with E-state index in [9.17, 15) is 9.59 Å². The van der Waals surface area contributed by atoms with E-state index in [1.54, 1.807) is 17.2 Å². The third-order valence-electron chi connectivity index (χ3n) is 8.80. The molecule has 2 atom stereocenters. The summed E-state index contributed by atoms with van der Waals surface area (Å²) in [5.74, 6) is -1.20. The average Bonchev–Trinajstić information content (AvgIpc) is 2.99. The number of benzene rings is 1. The van der Waals surface area contributed by atoms with Gasteiger partial charge >= 0.3 is 5.69 Å². The second-order valence-corrected chi connectivity index (χ2v) is 12.1. The lowest BCUT2D eigenvalue weighted by Crippen LogP contribution is -2.58. The lowest BCUT2D eigenvalue weighted by Gasteiger charge is -2.44. The number of aryl methyl sites for hydroxylation is 2. The molecule has 2 bridgehead atoms. The van der Waals surface area contributed by atoms with Crippen molar-refractivity contribution in [1.82, 2.24) is 24.4 Å². The van der Waals surface area contributed by atoms with E-state index in [4.69, 9.17) is 4.98 Å². The van der Waals surface area contributed by atoms with Crippen LogP contribution in [0.2, 0.25) is 0 Å². The number of pyridine rings is 2. The maximum absolute atomic E-state index is 16.2. The van der Waals surface area contributed by atoms with Crippen LogP contribution in [0.1, 0.15) is 63.3 Å². The molecule has 3 aromatic heterocycles. The van der Waals surface area contributed by atoms with Crippen molar-refractivity contribution in [3.8, 4) is 16.9 Å². The summed E-state index contributed by atoms with van der Waals surface area (Å²) in [6.45, 7) is 12.2. The minimum atomic E-state index is -0.703. The number of halogens is 2. The van der Waals surface area contributed by atoms with Crippen LogP contribution < -0.4 is 10.6 Å². The lowest BCUT2D eigenvalue weighted by molar-refractivity contribution is -0.128. The van der Waals surface area contributed by atoms with Gasteiger partial charge in [-0.25, -0.2) is 23.1 Å². The largest absolute Gasteiger partial charge is 0.355 e. The van der Waals surface area contributed by atoms with E-state index in [2.05, 4.69) is 16.5 Å². The predicted molar refractivity (Wildman–Crippen MR) is 167 cm³/mol. The fraction of sp³-hybridized carbons (Fsp3) is 0.382. The number of rotatable bonds is 3. The Kier molecular flexibility index (Phi) is 7.77. The molecule has 0 radical (unpaired) electrons. The third-order valence-corrected chi connectivity index (χ3v) is 8.80. The number of hydrogen-bond acceptors (Lipinski definition) is 6. The normalized spacial score (nSPS) is 18.5. The highest BCUT2D eigenvalue weighted by molar-refractivity contribution is 5.91. The fourth-order valence-electron chi connectivity index (χ4n) is 6.62. The highest BCUT2D eigenvalue weighted by Crippen LogP contribution is 2.36. The van der Waals surface area contributed by atoms with Crippen LogP contribution in [0.25, 0.3) is 28.0 Å². The van der Waals surface area contributed by atoms with E-state index < -0.39 is 17.3 Å². The monoisotopic (exact) mass is 598 g/mol. The summed E-state index contributed by atoms with van der Waals surface area (Å²) >= 11 is 0. The second kappa shape index (κ2) is 11.6. The Balaban J connectivity index is 1.69. The molecule has 2 aliphatic rings. The number of aromatic nitrogens is 4. The SMILES string of the molecule is C=CC(=O)N1C[C@H](C)N(c2nc(=O)n3c4nc(c(F)cc24)-c2c(F)cccc2CCCCc2ccnc(C(C)C)c2-3)C[C@H]1C. The van der Waals surface area contributed by atoms with Gasteiger partial charge in [-0.1, -0.05) is 32.6 Å².